The highest BCUT2D eigenvalue weighted by Crippen LogP contribution is 2.25. The highest BCUT2D eigenvalue weighted by molar-refractivity contribution is 6.34. The maximum Gasteiger partial charge on any atom is 0.412 e. The third-order valence-corrected chi connectivity index (χ3v) is 2.14. The standard InChI is InChI=1S/C12H15ClN2O3/c1-12(2,3)18-11(17)15-10-5-4-8(14-7-16)6-9(10)13/h4-7H,1-3H3,(H,14,16)(H,15,17). The lowest BCUT2D eigenvalue weighted by Crippen LogP contribution is -2.27. The zero-order chi connectivity index (χ0) is 13.8. The summed E-state index contributed by atoms with van der Waals surface area (Å²) in [5, 5.41) is 5.30. The molecule has 98 valence electrons. The quantitative estimate of drug-likeness (QED) is 0.829. The normalized spacial score (nSPS) is 10.7. The van der Waals surface area contributed by atoms with Gasteiger partial charge >= 0.3 is 6.09 Å². The van der Waals surface area contributed by atoms with Gasteiger partial charge in [-0.1, -0.05) is 11.6 Å². The first kappa shape index (κ1) is 14.3. The molecular weight excluding hydrogens is 256 g/mol. The van der Waals surface area contributed by atoms with E-state index in [0.717, 1.165) is 0 Å². The summed E-state index contributed by atoms with van der Waals surface area (Å²) in [4.78, 5) is 21.8. The molecule has 0 aliphatic heterocycles. The van der Waals surface area contributed by atoms with Crippen LogP contribution in [0.5, 0.6) is 0 Å². The number of anilines is 2. The van der Waals surface area contributed by atoms with E-state index in [-0.39, 0.29) is 0 Å². The number of hydrogen-bond donors (Lipinski definition) is 2. The third-order valence-electron chi connectivity index (χ3n) is 1.83. The fourth-order valence-electron chi connectivity index (χ4n) is 1.19. The SMILES string of the molecule is CC(C)(C)OC(=O)Nc1ccc(NC=O)cc1Cl. The van der Waals surface area contributed by atoms with Gasteiger partial charge in [0.15, 0.2) is 0 Å². The van der Waals surface area contributed by atoms with Crippen LogP contribution >= 0.6 is 11.6 Å². The predicted molar refractivity (Wildman–Crippen MR) is 71.0 cm³/mol. The Bertz CT molecular complexity index is 455. The Hall–Kier alpha value is -1.75. The number of carbonyl (C=O) groups is 2. The number of carbonyl (C=O) groups excluding carboxylic acids is 2. The number of ether oxygens (including phenoxy) is 1. The van der Waals surface area contributed by atoms with Gasteiger partial charge in [-0.15, -0.1) is 0 Å². The summed E-state index contributed by atoms with van der Waals surface area (Å²) < 4.78 is 5.09. The Morgan fingerprint density at radius 3 is 2.56 bits per heavy atom. The first-order valence-electron chi connectivity index (χ1n) is 5.31. The minimum absolute atomic E-state index is 0.313. The molecule has 1 aromatic rings. The second-order valence-corrected chi connectivity index (χ2v) is 4.99. The van der Waals surface area contributed by atoms with Gasteiger partial charge in [0.05, 0.1) is 10.7 Å². The molecule has 0 unspecified atom stereocenters. The zero-order valence-corrected chi connectivity index (χ0v) is 11.2. The predicted octanol–water partition coefficient (Wildman–Crippen LogP) is 3.26. The molecule has 18 heavy (non-hydrogen) atoms. The molecule has 0 aromatic heterocycles. The van der Waals surface area contributed by atoms with Gasteiger partial charge in [-0.05, 0) is 39.0 Å². The van der Waals surface area contributed by atoms with E-state index in [2.05, 4.69) is 10.6 Å². The van der Waals surface area contributed by atoms with Crippen LogP contribution in [-0.2, 0) is 9.53 Å². The van der Waals surface area contributed by atoms with Crippen molar-refractivity contribution in [3.8, 4) is 0 Å². The number of nitrogens with one attached hydrogen (secondary N) is 2. The summed E-state index contributed by atoms with van der Waals surface area (Å²) in [5.41, 5.74) is 0.391. The van der Waals surface area contributed by atoms with E-state index >= 15 is 0 Å². The molecule has 1 aromatic carbocycles. The minimum atomic E-state index is -0.583. The Morgan fingerprint density at radius 2 is 2.06 bits per heavy atom. The van der Waals surface area contributed by atoms with Crippen LogP contribution < -0.4 is 10.6 Å². The first-order chi connectivity index (χ1) is 8.31. The second kappa shape index (κ2) is 5.73. The summed E-state index contributed by atoms with van der Waals surface area (Å²) in [6.45, 7) is 5.31. The van der Waals surface area contributed by atoms with Crippen molar-refractivity contribution < 1.29 is 14.3 Å². The van der Waals surface area contributed by atoms with Crippen LogP contribution in [0.1, 0.15) is 20.8 Å². The van der Waals surface area contributed by atoms with Gasteiger partial charge in [0.25, 0.3) is 0 Å². The molecule has 0 heterocycles. The van der Waals surface area contributed by atoms with Gasteiger partial charge in [-0.25, -0.2) is 4.79 Å². The highest BCUT2D eigenvalue weighted by Gasteiger charge is 2.17. The topological polar surface area (TPSA) is 67.4 Å². The van der Waals surface area contributed by atoms with Gasteiger partial charge in [0, 0.05) is 5.69 Å². The van der Waals surface area contributed by atoms with Crippen molar-refractivity contribution >= 4 is 35.5 Å². The maximum absolute atomic E-state index is 11.5. The van der Waals surface area contributed by atoms with Crippen molar-refractivity contribution in [2.45, 2.75) is 26.4 Å². The minimum Gasteiger partial charge on any atom is -0.444 e. The molecule has 5 nitrogen and oxygen atoms in total. The van der Waals surface area contributed by atoms with Crippen LogP contribution in [0, 0.1) is 0 Å². The van der Waals surface area contributed by atoms with E-state index in [9.17, 15) is 9.59 Å². The lowest BCUT2D eigenvalue weighted by atomic mass is 10.2. The van der Waals surface area contributed by atoms with Crippen LogP contribution in [-0.4, -0.2) is 18.1 Å². The Balaban J connectivity index is 2.73. The van der Waals surface area contributed by atoms with Crippen molar-refractivity contribution in [1.29, 1.82) is 0 Å². The van der Waals surface area contributed by atoms with Crippen LogP contribution in [0.25, 0.3) is 0 Å². The number of amides is 2. The second-order valence-electron chi connectivity index (χ2n) is 4.58. The van der Waals surface area contributed by atoms with Crippen LogP contribution in [0.4, 0.5) is 16.2 Å². The van der Waals surface area contributed by atoms with Gasteiger partial charge < -0.3 is 10.1 Å². The molecule has 0 fully saturated rings. The molecule has 2 N–H and O–H groups in total. The fraction of sp³-hybridized carbons (Fsp3) is 0.333. The molecule has 0 aliphatic rings. The molecule has 6 heteroatoms. The zero-order valence-electron chi connectivity index (χ0n) is 10.4. The maximum atomic E-state index is 11.5. The van der Waals surface area contributed by atoms with Gasteiger partial charge in [-0.3, -0.25) is 10.1 Å². The smallest absolute Gasteiger partial charge is 0.412 e. The van der Waals surface area contributed by atoms with E-state index < -0.39 is 11.7 Å². The van der Waals surface area contributed by atoms with Crippen LogP contribution in [0.15, 0.2) is 18.2 Å². The van der Waals surface area contributed by atoms with Gasteiger partial charge in [0.1, 0.15) is 5.60 Å². The van der Waals surface area contributed by atoms with E-state index in [0.29, 0.717) is 22.8 Å². The van der Waals surface area contributed by atoms with Crippen molar-refractivity contribution in [1.82, 2.24) is 0 Å². The molecule has 2 amide bonds. The molecule has 0 saturated heterocycles. The van der Waals surface area contributed by atoms with Crippen molar-refractivity contribution in [2.75, 3.05) is 10.6 Å². The summed E-state index contributed by atoms with van der Waals surface area (Å²) in [7, 11) is 0. The van der Waals surface area contributed by atoms with E-state index in [4.69, 9.17) is 16.3 Å². The highest BCUT2D eigenvalue weighted by atomic mass is 35.5. The van der Waals surface area contributed by atoms with Crippen molar-refractivity contribution in [3.63, 3.8) is 0 Å². The number of hydrogen-bond acceptors (Lipinski definition) is 3. The lowest BCUT2D eigenvalue weighted by Gasteiger charge is -2.20. The Labute approximate surface area is 110 Å². The van der Waals surface area contributed by atoms with Crippen LogP contribution in [0.2, 0.25) is 5.02 Å². The van der Waals surface area contributed by atoms with Crippen LogP contribution in [0.3, 0.4) is 0 Å². The Kier molecular flexibility index (Phi) is 4.55. The summed E-state index contributed by atoms with van der Waals surface area (Å²) in [6, 6.07) is 4.73. The number of benzene rings is 1. The van der Waals surface area contributed by atoms with Crippen molar-refractivity contribution in [2.24, 2.45) is 0 Å². The molecule has 0 radical (unpaired) electrons. The average molecular weight is 271 g/mol. The summed E-state index contributed by atoms with van der Waals surface area (Å²) >= 11 is 5.95. The third kappa shape index (κ3) is 4.63. The van der Waals surface area contributed by atoms with E-state index in [1.807, 2.05) is 0 Å². The average Bonchev–Trinajstić information content (AvgIpc) is 2.20. The number of rotatable bonds is 3. The molecule has 0 saturated carbocycles. The summed E-state index contributed by atoms with van der Waals surface area (Å²) in [5.74, 6) is 0. The fourth-order valence-corrected chi connectivity index (χ4v) is 1.42. The van der Waals surface area contributed by atoms with Gasteiger partial charge in [-0.2, -0.15) is 0 Å². The molecule has 0 spiro atoms. The lowest BCUT2D eigenvalue weighted by molar-refractivity contribution is -0.105. The van der Waals surface area contributed by atoms with E-state index in [1.165, 1.54) is 6.07 Å². The molecule has 1 rings (SSSR count). The molecule has 0 aliphatic carbocycles. The number of halogens is 1. The van der Waals surface area contributed by atoms with E-state index in [1.54, 1.807) is 32.9 Å². The molecular formula is C12H15ClN2O3. The molecule has 0 bridgehead atoms. The first-order valence-corrected chi connectivity index (χ1v) is 5.69. The van der Waals surface area contributed by atoms with Crippen molar-refractivity contribution in [3.05, 3.63) is 23.2 Å². The largest absolute Gasteiger partial charge is 0.444 e. The monoisotopic (exact) mass is 270 g/mol. The van der Waals surface area contributed by atoms with Gasteiger partial charge in [0.2, 0.25) is 6.41 Å². The molecule has 0 atom stereocenters. The summed E-state index contributed by atoms with van der Waals surface area (Å²) in [6.07, 6.45) is -0.0346. The Morgan fingerprint density at radius 1 is 1.39 bits per heavy atom.